The number of carbonyl (C=O) groups is 2. The molecule has 88 valence electrons. The van der Waals surface area contributed by atoms with Gasteiger partial charge >= 0.3 is 12.1 Å². The van der Waals surface area contributed by atoms with Crippen molar-refractivity contribution in [2.45, 2.75) is 6.42 Å². The first-order valence-corrected chi connectivity index (χ1v) is 5.75. The molecule has 7 heteroatoms. The molecule has 0 saturated carbocycles. The van der Waals surface area contributed by atoms with Crippen LogP contribution >= 0.6 is 11.8 Å². The van der Waals surface area contributed by atoms with Crippen molar-refractivity contribution in [3.05, 3.63) is 0 Å². The number of carboxylic acids is 1. The van der Waals surface area contributed by atoms with E-state index in [4.69, 9.17) is 10.2 Å². The Morgan fingerprint density at radius 1 is 1.13 bits per heavy atom. The van der Waals surface area contributed by atoms with Crippen LogP contribution in [0.3, 0.4) is 0 Å². The summed E-state index contributed by atoms with van der Waals surface area (Å²) in [7, 11) is 0. The summed E-state index contributed by atoms with van der Waals surface area (Å²) in [5, 5.41) is 21.6. The van der Waals surface area contributed by atoms with Crippen molar-refractivity contribution in [2.24, 2.45) is 0 Å². The molecule has 0 spiro atoms. The van der Waals surface area contributed by atoms with Crippen LogP contribution in [0.2, 0.25) is 0 Å². The van der Waals surface area contributed by atoms with Crippen molar-refractivity contribution in [2.75, 3.05) is 31.1 Å². The minimum absolute atomic E-state index is 0.0128. The molecule has 0 aliphatic heterocycles. The SMILES string of the molecule is O=C(O)CNCCSCCCNC(=O)O. The van der Waals surface area contributed by atoms with Crippen molar-refractivity contribution in [1.82, 2.24) is 10.6 Å². The third-order valence-electron chi connectivity index (χ3n) is 1.44. The molecular weight excluding hydrogens is 220 g/mol. The number of hydrogen-bond donors (Lipinski definition) is 4. The highest BCUT2D eigenvalue weighted by molar-refractivity contribution is 7.99. The minimum atomic E-state index is -0.997. The second kappa shape index (κ2) is 9.60. The Bertz CT molecular complexity index is 181. The predicted molar refractivity (Wildman–Crippen MR) is 58.5 cm³/mol. The molecule has 0 rings (SSSR count). The Balaban J connectivity index is 2.99. The minimum Gasteiger partial charge on any atom is -0.480 e. The van der Waals surface area contributed by atoms with Crippen LogP contribution in [0.25, 0.3) is 0 Å². The van der Waals surface area contributed by atoms with Gasteiger partial charge in [0.2, 0.25) is 0 Å². The molecular formula is C8H16N2O4S. The standard InChI is InChI=1S/C8H16N2O4S/c11-7(12)6-9-3-5-15-4-1-2-10-8(13)14/h9-10H,1-6H2,(H,11,12)(H,13,14). The van der Waals surface area contributed by atoms with E-state index < -0.39 is 12.1 Å². The first-order chi connectivity index (χ1) is 7.13. The summed E-state index contributed by atoms with van der Waals surface area (Å²) < 4.78 is 0. The highest BCUT2D eigenvalue weighted by atomic mass is 32.2. The molecule has 0 fully saturated rings. The molecule has 6 nitrogen and oxygen atoms in total. The van der Waals surface area contributed by atoms with Gasteiger partial charge in [-0.3, -0.25) is 4.79 Å². The molecule has 4 N–H and O–H groups in total. The lowest BCUT2D eigenvalue weighted by atomic mass is 10.5. The van der Waals surface area contributed by atoms with Gasteiger partial charge in [-0.15, -0.1) is 0 Å². The van der Waals surface area contributed by atoms with Crippen molar-refractivity contribution in [1.29, 1.82) is 0 Å². The molecule has 0 unspecified atom stereocenters. The molecule has 0 aromatic carbocycles. The van der Waals surface area contributed by atoms with Gasteiger partial charge < -0.3 is 20.8 Å². The summed E-state index contributed by atoms with van der Waals surface area (Å²) >= 11 is 1.67. The van der Waals surface area contributed by atoms with Crippen molar-refractivity contribution in [3.8, 4) is 0 Å². The van der Waals surface area contributed by atoms with Crippen LogP contribution in [0.1, 0.15) is 6.42 Å². The molecule has 1 amide bonds. The Hall–Kier alpha value is -0.950. The lowest BCUT2D eigenvalue weighted by Gasteiger charge is -2.02. The normalized spacial score (nSPS) is 9.87. The fourth-order valence-electron chi connectivity index (χ4n) is 0.811. The summed E-state index contributed by atoms with van der Waals surface area (Å²) in [6.45, 7) is 1.11. The van der Waals surface area contributed by atoms with E-state index in [-0.39, 0.29) is 6.54 Å². The third kappa shape index (κ3) is 13.1. The van der Waals surface area contributed by atoms with Gasteiger partial charge in [0.25, 0.3) is 0 Å². The summed E-state index contributed by atoms with van der Waals surface area (Å²) in [4.78, 5) is 20.2. The maximum Gasteiger partial charge on any atom is 0.404 e. The summed E-state index contributed by atoms with van der Waals surface area (Å²) in [6, 6.07) is 0. The number of hydrogen-bond acceptors (Lipinski definition) is 4. The smallest absolute Gasteiger partial charge is 0.404 e. The number of nitrogens with one attached hydrogen (secondary N) is 2. The zero-order valence-electron chi connectivity index (χ0n) is 8.36. The zero-order valence-corrected chi connectivity index (χ0v) is 9.18. The molecule has 0 radical (unpaired) electrons. The molecule has 15 heavy (non-hydrogen) atoms. The van der Waals surface area contributed by atoms with Gasteiger partial charge in [-0.2, -0.15) is 11.8 Å². The second-order valence-electron chi connectivity index (χ2n) is 2.77. The van der Waals surface area contributed by atoms with Crippen LogP contribution < -0.4 is 10.6 Å². The number of rotatable bonds is 9. The van der Waals surface area contributed by atoms with Gasteiger partial charge in [0, 0.05) is 18.8 Å². The van der Waals surface area contributed by atoms with E-state index in [1.165, 1.54) is 0 Å². The van der Waals surface area contributed by atoms with Crippen LogP contribution in [0.15, 0.2) is 0 Å². The first kappa shape index (κ1) is 14.1. The Labute approximate surface area is 92.4 Å². The number of amides is 1. The van der Waals surface area contributed by atoms with E-state index in [1.807, 2.05) is 0 Å². The number of aliphatic carboxylic acids is 1. The monoisotopic (exact) mass is 236 g/mol. The maximum absolute atomic E-state index is 10.1. The van der Waals surface area contributed by atoms with Crippen LogP contribution in [0.5, 0.6) is 0 Å². The average Bonchev–Trinajstić information content (AvgIpc) is 2.14. The summed E-state index contributed by atoms with van der Waals surface area (Å²) in [5.74, 6) is 0.848. The quantitative estimate of drug-likeness (QED) is 0.422. The van der Waals surface area contributed by atoms with Crippen molar-refractivity contribution >= 4 is 23.8 Å². The first-order valence-electron chi connectivity index (χ1n) is 4.60. The van der Waals surface area contributed by atoms with Gasteiger partial charge in [-0.1, -0.05) is 0 Å². The van der Waals surface area contributed by atoms with E-state index in [0.29, 0.717) is 13.1 Å². The Kier molecular flexibility index (Phi) is 8.99. The molecule has 0 aliphatic carbocycles. The molecule has 0 heterocycles. The fourth-order valence-corrected chi connectivity index (χ4v) is 1.65. The van der Waals surface area contributed by atoms with E-state index in [1.54, 1.807) is 11.8 Å². The highest BCUT2D eigenvalue weighted by Gasteiger charge is 1.95. The van der Waals surface area contributed by atoms with Crippen LogP contribution in [-0.2, 0) is 4.79 Å². The molecule has 0 bridgehead atoms. The van der Waals surface area contributed by atoms with E-state index >= 15 is 0 Å². The maximum atomic E-state index is 10.1. The number of carboxylic acid groups (broad SMARTS) is 2. The van der Waals surface area contributed by atoms with Gasteiger partial charge in [0.1, 0.15) is 0 Å². The molecule has 0 aromatic rings. The van der Waals surface area contributed by atoms with Gasteiger partial charge in [0.15, 0.2) is 0 Å². The van der Waals surface area contributed by atoms with Gasteiger partial charge in [-0.25, -0.2) is 4.79 Å². The average molecular weight is 236 g/mol. The van der Waals surface area contributed by atoms with Crippen LogP contribution in [0, 0.1) is 0 Å². The molecule has 0 saturated heterocycles. The fraction of sp³-hybridized carbons (Fsp3) is 0.750. The molecule has 0 aromatic heterocycles. The lowest BCUT2D eigenvalue weighted by molar-refractivity contribution is -0.135. The highest BCUT2D eigenvalue weighted by Crippen LogP contribution is 1.99. The summed E-state index contributed by atoms with van der Waals surface area (Å²) in [6.07, 6.45) is -0.210. The predicted octanol–water partition coefficient (Wildman–Crippen LogP) is 0.0515. The number of thioether (sulfide) groups is 1. The van der Waals surface area contributed by atoms with E-state index in [0.717, 1.165) is 17.9 Å². The summed E-state index contributed by atoms with van der Waals surface area (Å²) in [5.41, 5.74) is 0. The van der Waals surface area contributed by atoms with Crippen molar-refractivity contribution < 1.29 is 19.8 Å². The van der Waals surface area contributed by atoms with E-state index in [2.05, 4.69) is 10.6 Å². The van der Waals surface area contributed by atoms with E-state index in [9.17, 15) is 9.59 Å². The zero-order chi connectivity index (χ0) is 11.5. The Morgan fingerprint density at radius 2 is 1.87 bits per heavy atom. The second-order valence-corrected chi connectivity index (χ2v) is 3.99. The molecule has 0 atom stereocenters. The Morgan fingerprint density at radius 3 is 2.47 bits per heavy atom. The van der Waals surface area contributed by atoms with Gasteiger partial charge in [-0.05, 0) is 12.2 Å². The van der Waals surface area contributed by atoms with Crippen molar-refractivity contribution in [3.63, 3.8) is 0 Å². The topological polar surface area (TPSA) is 98.7 Å². The van der Waals surface area contributed by atoms with Crippen LogP contribution in [-0.4, -0.2) is 53.4 Å². The largest absolute Gasteiger partial charge is 0.480 e. The van der Waals surface area contributed by atoms with Gasteiger partial charge in [0.05, 0.1) is 6.54 Å². The lowest BCUT2D eigenvalue weighted by Crippen LogP contribution is -2.25. The molecule has 0 aliphatic rings. The van der Waals surface area contributed by atoms with Crippen LogP contribution in [0.4, 0.5) is 4.79 Å². The third-order valence-corrected chi connectivity index (χ3v) is 2.51.